The van der Waals surface area contributed by atoms with Gasteiger partial charge in [-0.2, -0.15) is 0 Å². The van der Waals surface area contributed by atoms with Gasteiger partial charge in [-0.3, -0.25) is 9.59 Å². The Morgan fingerprint density at radius 2 is 1.59 bits per heavy atom. The number of carbonyl (C=O) groups is 2. The van der Waals surface area contributed by atoms with Gasteiger partial charge in [0, 0.05) is 39.7 Å². The normalized spacial score (nSPS) is 15.1. The molecule has 3 aromatic rings. The number of rotatable bonds is 6. The molecule has 0 bridgehead atoms. The molecule has 3 aromatic carbocycles. The Labute approximate surface area is 199 Å². The number of anilines is 1. The van der Waals surface area contributed by atoms with Crippen LogP contribution in [0, 0.1) is 0 Å². The maximum absolute atomic E-state index is 13.2. The molecule has 1 aliphatic heterocycles. The van der Waals surface area contributed by atoms with Crippen LogP contribution in [-0.2, 0) is 6.42 Å². The van der Waals surface area contributed by atoms with Crippen molar-refractivity contribution in [2.45, 2.75) is 25.8 Å². The second-order valence-electron chi connectivity index (χ2n) is 8.89. The number of benzene rings is 3. The third-order valence-corrected chi connectivity index (χ3v) is 5.75. The molecular weight excluding hydrogens is 428 g/mol. The van der Waals surface area contributed by atoms with E-state index in [0.29, 0.717) is 22.6 Å². The van der Waals surface area contributed by atoms with E-state index >= 15 is 0 Å². The first-order valence-electron chi connectivity index (χ1n) is 11.0. The molecular formula is C28H28N2O4. The number of ketones is 1. The van der Waals surface area contributed by atoms with Gasteiger partial charge < -0.3 is 20.1 Å². The van der Waals surface area contributed by atoms with E-state index in [1.54, 1.807) is 68.8 Å². The van der Waals surface area contributed by atoms with Crippen molar-refractivity contribution >= 4 is 23.1 Å². The van der Waals surface area contributed by atoms with Crippen LogP contribution in [0.15, 0.2) is 72.8 Å². The molecule has 0 spiro atoms. The predicted octanol–water partition coefficient (Wildman–Crippen LogP) is 5.10. The van der Waals surface area contributed by atoms with Crippen LogP contribution in [0.3, 0.4) is 0 Å². The Morgan fingerprint density at radius 1 is 0.912 bits per heavy atom. The number of fused-ring (bicyclic) bond motifs is 1. The fraction of sp³-hybridized carbons (Fsp3) is 0.214. The molecule has 0 saturated heterocycles. The molecule has 6 nitrogen and oxygen atoms in total. The topological polar surface area (TPSA) is 76.7 Å². The van der Waals surface area contributed by atoms with Gasteiger partial charge >= 0.3 is 0 Å². The molecule has 0 fully saturated rings. The summed E-state index contributed by atoms with van der Waals surface area (Å²) in [5.74, 6) is 0.959. The largest absolute Gasteiger partial charge is 0.497 e. The fourth-order valence-electron chi connectivity index (χ4n) is 4.06. The summed E-state index contributed by atoms with van der Waals surface area (Å²) in [7, 11) is 3.21. The van der Waals surface area contributed by atoms with Crippen LogP contribution in [0.1, 0.15) is 45.7 Å². The average molecular weight is 457 g/mol. The third-order valence-electron chi connectivity index (χ3n) is 5.75. The Morgan fingerprint density at radius 3 is 2.29 bits per heavy atom. The summed E-state index contributed by atoms with van der Waals surface area (Å²) < 4.78 is 10.5. The number of methoxy groups -OCH3 is 2. The van der Waals surface area contributed by atoms with E-state index < -0.39 is 0 Å². The zero-order valence-electron chi connectivity index (χ0n) is 19.8. The van der Waals surface area contributed by atoms with E-state index in [4.69, 9.17) is 9.47 Å². The zero-order valence-corrected chi connectivity index (χ0v) is 19.8. The minimum absolute atomic E-state index is 0.187. The van der Waals surface area contributed by atoms with Crippen LogP contribution < -0.4 is 20.1 Å². The third kappa shape index (κ3) is 5.12. The van der Waals surface area contributed by atoms with Gasteiger partial charge in [0.15, 0.2) is 5.78 Å². The minimum atomic E-state index is -0.292. The lowest BCUT2D eigenvalue weighted by Crippen LogP contribution is -2.43. The summed E-state index contributed by atoms with van der Waals surface area (Å²) in [6.45, 7) is 4.20. The number of ether oxygens (including phenoxy) is 2. The van der Waals surface area contributed by atoms with Crippen molar-refractivity contribution in [2.75, 3.05) is 19.5 Å². The van der Waals surface area contributed by atoms with Crippen LogP contribution in [0.5, 0.6) is 11.5 Å². The molecule has 6 heteroatoms. The number of hydrogen-bond donors (Lipinski definition) is 2. The Balaban J connectivity index is 1.59. The summed E-state index contributed by atoms with van der Waals surface area (Å²) in [5.41, 5.74) is 4.11. The Kier molecular flexibility index (Phi) is 6.41. The maximum Gasteiger partial charge on any atom is 0.255 e. The molecule has 34 heavy (non-hydrogen) atoms. The summed E-state index contributed by atoms with van der Waals surface area (Å²) in [6, 6.07) is 19.7. The van der Waals surface area contributed by atoms with Gasteiger partial charge in [-0.15, -0.1) is 0 Å². The highest BCUT2D eigenvalue weighted by Crippen LogP contribution is 2.32. The second-order valence-corrected chi connectivity index (χ2v) is 8.89. The van der Waals surface area contributed by atoms with Gasteiger partial charge in [0.1, 0.15) is 11.5 Å². The van der Waals surface area contributed by atoms with Gasteiger partial charge in [0.2, 0.25) is 0 Å². The summed E-state index contributed by atoms with van der Waals surface area (Å²) >= 11 is 0. The first-order chi connectivity index (χ1) is 16.3. The fourth-order valence-corrected chi connectivity index (χ4v) is 4.06. The van der Waals surface area contributed by atoms with Crippen LogP contribution >= 0.6 is 0 Å². The number of allylic oxidation sites excluding steroid dienone is 1. The lowest BCUT2D eigenvalue weighted by molar-refractivity contribution is 0.102. The number of amides is 1. The van der Waals surface area contributed by atoms with Gasteiger partial charge in [-0.05, 0) is 74.4 Å². The van der Waals surface area contributed by atoms with Gasteiger partial charge in [0.25, 0.3) is 5.91 Å². The molecule has 0 saturated carbocycles. The molecule has 1 heterocycles. The second kappa shape index (κ2) is 9.43. The first-order valence-corrected chi connectivity index (χ1v) is 11.0. The molecule has 0 unspecified atom stereocenters. The molecule has 0 aliphatic carbocycles. The van der Waals surface area contributed by atoms with Crippen LogP contribution in [0.4, 0.5) is 5.69 Å². The minimum Gasteiger partial charge on any atom is -0.497 e. The van der Waals surface area contributed by atoms with Crippen molar-refractivity contribution in [2.24, 2.45) is 0 Å². The van der Waals surface area contributed by atoms with Crippen molar-refractivity contribution < 1.29 is 19.1 Å². The highest BCUT2D eigenvalue weighted by Gasteiger charge is 2.28. The standard InChI is InChI=1S/C28H28N2O4/c1-28(2)17-20-8-11-23(34-4)15-24(20)25(30-28)16-26(31)18-6-5-7-19(14-18)27(32)29-21-9-12-22(33-3)13-10-21/h5-16,30H,17H2,1-4H3,(H,29,32). The summed E-state index contributed by atoms with van der Waals surface area (Å²) in [4.78, 5) is 26.0. The van der Waals surface area contributed by atoms with E-state index in [9.17, 15) is 9.59 Å². The average Bonchev–Trinajstić information content (AvgIpc) is 2.83. The smallest absolute Gasteiger partial charge is 0.255 e. The quantitative estimate of drug-likeness (QED) is 0.398. The molecule has 0 aromatic heterocycles. The zero-order chi connectivity index (χ0) is 24.3. The molecule has 0 radical (unpaired) electrons. The number of nitrogens with one attached hydrogen (secondary N) is 2. The van der Waals surface area contributed by atoms with Gasteiger partial charge in [0.05, 0.1) is 14.2 Å². The van der Waals surface area contributed by atoms with Crippen LogP contribution in [0.25, 0.3) is 5.70 Å². The molecule has 0 atom stereocenters. The van der Waals surface area contributed by atoms with E-state index in [2.05, 4.69) is 24.5 Å². The van der Waals surface area contributed by atoms with Crippen molar-refractivity contribution in [1.82, 2.24) is 5.32 Å². The molecule has 1 amide bonds. The monoisotopic (exact) mass is 456 g/mol. The van der Waals surface area contributed by atoms with Crippen molar-refractivity contribution in [3.05, 3.63) is 95.1 Å². The summed E-state index contributed by atoms with van der Waals surface area (Å²) in [5, 5.41) is 6.32. The van der Waals surface area contributed by atoms with E-state index in [1.807, 2.05) is 18.2 Å². The Bertz CT molecular complexity index is 1260. The SMILES string of the molecule is COc1ccc(NC(=O)c2cccc(C(=O)C=C3NC(C)(C)Cc4ccc(OC)cc43)c2)cc1. The van der Waals surface area contributed by atoms with Crippen LogP contribution in [0.2, 0.25) is 0 Å². The molecule has 4 rings (SSSR count). The van der Waals surface area contributed by atoms with E-state index in [0.717, 1.165) is 29.0 Å². The van der Waals surface area contributed by atoms with Crippen molar-refractivity contribution in [3.63, 3.8) is 0 Å². The van der Waals surface area contributed by atoms with Crippen molar-refractivity contribution in [3.8, 4) is 11.5 Å². The highest BCUT2D eigenvalue weighted by molar-refractivity contribution is 6.11. The molecule has 1 aliphatic rings. The Hall–Kier alpha value is -4.06. The molecule has 2 N–H and O–H groups in total. The first kappa shape index (κ1) is 23.1. The van der Waals surface area contributed by atoms with E-state index in [-0.39, 0.29) is 17.2 Å². The van der Waals surface area contributed by atoms with Gasteiger partial charge in [-0.25, -0.2) is 0 Å². The van der Waals surface area contributed by atoms with E-state index in [1.165, 1.54) is 0 Å². The number of hydrogen-bond acceptors (Lipinski definition) is 5. The van der Waals surface area contributed by atoms with Crippen LogP contribution in [-0.4, -0.2) is 31.4 Å². The highest BCUT2D eigenvalue weighted by atomic mass is 16.5. The lowest BCUT2D eigenvalue weighted by Gasteiger charge is -2.35. The number of carbonyl (C=O) groups excluding carboxylic acids is 2. The lowest BCUT2D eigenvalue weighted by atomic mass is 9.85. The summed E-state index contributed by atoms with van der Waals surface area (Å²) in [6.07, 6.45) is 2.43. The van der Waals surface area contributed by atoms with Crippen molar-refractivity contribution in [1.29, 1.82) is 0 Å². The predicted molar refractivity (Wildman–Crippen MR) is 134 cm³/mol. The molecule has 174 valence electrons. The van der Waals surface area contributed by atoms with Gasteiger partial charge in [-0.1, -0.05) is 18.2 Å². The maximum atomic E-state index is 13.2.